The fourth-order valence-electron chi connectivity index (χ4n) is 1.46. The van der Waals surface area contributed by atoms with E-state index in [4.69, 9.17) is 4.74 Å². The van der Waals surface area contributed by atoms with Crippen molar-refractivity contribution in [3.05, 3.63) is 40.9 Å². The molecule has 4 nitrogen and oxygen atoms in total. The maximum absolute atomic E-state index is 11.9. The van der Waals surface area contributed by atoms with E-state index in [0.717, 1.165) is 5.52 Å². The molecule has 0 N–H and O–H groups in total. The molecule has 1 aromatic heterocycles. The number of benzene rings is 1. The second kappa shape index (κ2) is 4.23. The van der Waals surface area contributed by atoms with Gasteiger partial charge in [0.05, 0.1) is 30.4 Å². The fraction of sp³-hybridized carbons (Fsp3) is 0.273. The lowest BCUT2D eigenvalue weighted by molar-refractivity contribution is 0.186. The van der Waals surface area contributed by atoms with Crippen molar-refractivity contribution in [1.82, 2.24) is 9.55 Å². The van der Waals surface area contributed by atoms with E-state index in [1.54, 1.807) is 24.1 Å². The third kappa shape index (κ3) is 1.89. The highest BCUT2D eigenvalue weighted by molar-refractivity contribution is 5.76. The predicted molar refractivity (Wildman–Crippen MR) is 57.9 cm³/mol. The van der Waals surface area contributed by atoms with Crippen molar-refractivity contribution in [3.63, 3.8) is 0 Å². The molecule has 4 heteroatoms. The molecule has 0 aliphatic rings. The lowest BCUT2D eigenvalue weighted by atomic mass is 10.2. The lowest BCUT2D eigenvalue weighted by Crippen LogP contribution is -2.22. The van der Waals surface area contributed by atoms with Crippen LogP contribution in [0.1, 0.15) is 0 Å². The number of methoxy groups -OCH3 is 1. The second-order valence-electron chi connectivity index (χ2n) is 3.25. The summed E-state index contributed by atoms with van der Waals surface area (Å²) in [5.41, 5.74) is 0.716. The number of hydrogen-bond acceptors (Lipinski definition) is 3. The lowest BCUT2D eigenvalue weighted by Gasteiger charge is -2.04. The predicted octanol–water partition coefficient (Wildman–Crippen LogP) is 1.04. The molecule has 0 aliphatic heterocycles. The van der Waals surface area contributed by atoms with E-state index in [0.29, 0.717) is 18.5 Å². The first kappa shape index (κ1) is 9.86. The zero-order chi connectivity index (χ0) is 10.7. The van der Waals surface area contributed by atoms with Crippen molar-refractivity contribution >= 4 is 10.9 Å². The summed E-state index contributed by atoms with van der Waals surface area (Å²) in [5, 5.41) is 0.649. The average molecular weight is 204 g/mol. The van der Waals surface area contributed by atoms with E-state index in [1.165, 1.54) is 0 Å². The van der Waals surface area contributed by atoms with Crippen LogP contribution in [0.2, 0.25) is 0 Å². The molecule has 0 bridgehead atoms. The molecule has 1 heterocycles. The maximum Gasteiger partial charge on any atom is 0.261 e. The van der Waals surface area contributed by atoms with Crippen LogP contribution in [0.15, 0.2) is 35.4 Å². The Morgan fingerprint density at radius 3 is 3.00 bits per heavy atom. The Bertz CT molecular complexity index is 519. The summed E-state index contributed by atoms with van der Waals surface area (Å²) in [7, 11) is 1.61. The number of rotatable bonds is 3. The molecule has 0 saturated heterocycles. The molecule has 78 valence electrons. The van der Waals surface area contributed by atoms with Crippen LogP contribution in [0.5, 0.6) is 0 Å². The number of fused-ring (bicyclic) bond motifs is 1. The first-order chi connectivity index (χ1) is 7.33. The number of nitrogens with zero attached hydrogens (tertiary/aromatic N) is 2. The van der Waals surface area contributed by atoms with E-state index in [-0.39, 0.29) is 5.56 Å². The summed E-state index contributed by atoms with van der Waals surface area (Å²) < 4.78 is 6.49. The van der Waals surface area contributed by atoms with Gasteiger partial charge in [-0.2, -0.15) is 0 Å². The first-order valence-corrected chi connectivity index (χ1v) is 4.76. The Morgan fingerprint density at radius 1 is 1.40 bits per heavy atom. The highest BCUT2D eigenvalue weighted by atomic mass is 16.5. The van der Waals surface area contributed by atoms with Crippen LogP contribution in [-0.2, 0) is 11.3 Å². The highest BCUT2D eigenvalue weighted by Crippen LogP contribution is 2.04. The van der Waals surface area contributed by atoms with Crippen molar-refractivity contribution in [2.45, 2.75) is 6.54 Å². The summed E-state index contributed by atoms with van der Waals surface area (Å²) in [6, 6.07) is 7.33. The molecule has 0 aliphatic carbocycles. The van der Waals surface area contributed by atoms with Gasteiger partial charge in [0.25, 0.3) is 5.56 Å². The van der Waals surface area contributed by atoms with Crippen molar-refractivity contribution in [2.75, 3.05) is 13.7 Å². The molecule has 2 aromatic rings. The van der Waals surface area contributed by atoms with Crippen LogP contribution in [0.25, 0.3) is 10.9 Å². The van der Waals surface area contributed by atoms with Crippen LogP contribution >= 0.6 is 0 Å². The summed E-state index contributed by atoms with van der Waals surface area (Å²) in [4.78, 5) is 16.1. The minimum absolute atomic E-state index is 0.0161. The van der Waals surface area contributed by atoms with Crippen molar-refractivity contribution in [3.8, 4) is 0 Å². The minimum Gasteiger partial charge on any atom is -0.383 e. The van der Waals surface area contributed by atoms with Crippen molar-refractivity contribution in [2.24, 2.45) is 0 Å². The Balaban J connectivity index is 2.51. The largest absolute Gasteiger partial charge is 0.383 e. The Kier molecular flexibility index (Phi) is 2.78. The molecular formula is C11H12N2O2. The SMILES string of the molecule is COCCn1cnc2ccccc2c1=O. The molecule has 0 unspecified atom stereocenters. The molecule has 2 rings (SSSR count). The molecule has 0 radical (unpaired) electrons. The van der Waals surface area contributed by atoms with Gasteiger partial charge >= 0.3 is 0 Å². The molecule has 0 atom stereocenters. The summed E-state index contributed by atoms with van der Waals surface area (Å²) in [6.45, 7) is 1.05. The van der Waals surface area contributed by atoms with Gasteiger partial charge in [0.2, 0.25) is 0 Å². The van der Waals surface area contributed by atoms with Gasteiger partial charge in [-0.3, -0.25) is 9.36 Å². The Hall–Kier alpha value is -1.68. The van der Waals surface area contributed by atoms with Crippen molar-refractivity contribution < 1.29 is 4.74 Å². The van der Waals surface area contributed by atoms with Crippen LogP contribution in [0.3, 0.4) is 0 Å². The summed E-state index contributed by atoms with van der Waals surface area (Å²) in [5.74, 6) is 0. The number of hydrogen-bond donors (Lipinski definition) is 0. The highest BCUT2D eigenvalue weighted by Gasteiger charge is 2.01. The zero-order valence-electron chi connectivity index (χ0n) is 8.51. The normalized spacial score (nSPS) is 10.7. The van der Waals surface area contributed by atoms with E-state index in [1.807, 2.05) is 18.2 Å². The van der Waals surface area contributed by atoms with Crippen LogP contribution < -0.4 is 5.56 Å². The van der Waals surface area contributed by atoms with E-state index in [9.17, 15) is 4.79 Å². The molecular weight excluding hydrogens is 192 g/mol. The number of para-hydroxylation sites is 1. The number of ether oxygens (including phenoxy) is 1. The van der Waals surface area contributed by atoms with Gasteiger partial charge in [-0.15, -0.1) is 0 Å². The molecule has 0 amide bonds. The average Bonchev–Trinajstić information content (AvgIpc) is 2.29. The molecule has 15 heavy (non-hydrogen) atoms. The van der Waals surface area contributed by atoms with Crippen molar-refractivity contribution in [1.29, 1.82) is 0 Å². The molecule has 0 fully saturated rings. The Labute approximate surface area is 87.1 Å². The van der Waals surface area contributed by atoms with Gasteiger partial charge in [0.1, 0.15) is 0 Å². The van der Waals surface area contributed by atoms with Crippen LogP contribution in [0.4, 0.5) is 0 Å². The standard InChI is InChI=1S/C11H12N2O2/c1-15-7-6-13-8-12-10-5-3-2-4-9(10)11(13)14/h2-5,8H,6-7H2,1H3. The smallest absolute Gasteiger partial charge is 0.261 e. The van der Waals surface area contributed by atoms with Gasteiger partial charge in [-0.1, -0.05) is 12.1 Å². The minimum atomic E-state index is -0.0161. The quantitative estimate of drug-likeness (QED) is 0.750. The molecule has 1 aromatic carbocycles. The monoisotopic (exact) mass is 204 g/mol. The van der Waals surface area contributed by atoms with Crippen LogP contribution in [0, 0.1) is 0 Å². The van der Waals surface area contributed by atoms with Gasteiger partial charge in [0.15, 0.2) is 0 Å². The van der Waals surface area contributed by atoms with E-state index < -0.39 is 0 Å². The third-order valence-corrected chi connectivity index (χ3v) is 2.27. The van der Waals surface area contributed by atoms with Gasteiger partial charge in [-0.05, 0) is 12.1 Å². The summed E-state index contributed by atoms with van der Waals surface area (Å²) in [6.07, 6.45) is 1.56. The van der Waals surface area contributed by atoms with Gasteiger partial charge in [-0.25, -0.2) is 4.98 Å². The van der Waals surface area contributed by atoms with E-state index >= 15 is 0 Å². The maximum atomic E-state index is 11.9. The third-order valence-electron chi connectivity index (χ3n) is 2.27. The van der Waals surface area contributed by atoms with Gasteiger partial charge < -0.3 is 4.74 Å². The molecule has 0 saturated carbocycles. The Morgan fingerprint density at radius 2 is 2.20 bits per heavy atom. The molecule has 0 spiro atoms. The summed E-state index contributed by atoms with van der Waals surface area (Å²) >= 11 is 0. The van der Waals surface area contributed by atoms with Crippen LogP contribution in [-0.4, -0.2) is 23.3 Å². The second-order valence-corrected chi connectivity index (χ2v) is 3.25. The topological polar surface area (TPSA) is 44.1 Å². The number of aromatic nitrogens is 2. The van der Waals surface area contributed by atoms with E-state index in [2.05, 4.69) is 4.98 Å². The fourth-order valence-corrected chi connectivity index (χ4v) is 1.46. The zero-order valence-corrected chi connectivity index (χ0v) is 8.51. The first-order valence-electron chi connectivity index (χ1n) is 4.76. The van der Waals surface area contributed by atoms with Gasteiger partial charge in [0, 0.05) is 7.11 Å².